The molecule has 2 aliphatic heterocycles. The van der Waals surface area contributed by atoms with Gasteiger partial charge < -0.3 is 30.9 Å². The lowest BCUT2D eigenvalue weighted by Crippen LogP contribution is -2.59. The zero-order chi connectivity index (χ0) is 39.5. The van der Waals surface area contributed by atoms with Crippen molar-refractivity contribution in [2.45, 2.75) is 95.5 Å². The van der Waals surface area contributed by atoms with E-state index in [4.69, 9.17) is 4.74 Å². The minimum Gasteiger partial charge on any atom is -0.449 e. The molecule has 2 saturated heterocycles. The summed E-state index contributed by atoms with van der Waals surface area (Å²) in [5, 5.41) is 10.9. The van der Waals surface area contributed by atoms with Crippen LogP contribution in [0.25, 0.3) is 0 Å². The van der Waals surface area contributed by atoms with E-state index in [9.17, 15) is 28.8 Å². The lowest BCUT2D eigenvalue weighted by Gasteiger charge is -2.36. The predicted molar refractivity (Wildman–Crippen MR) is 213 cm³/mol. The van der Waals surface area contributed by atoms with E-state index < -0.39 is 75.7 Å². The predicted octanol–water partition coefficient (Wildman–Crippen LogP) is 4.83. The van der Waals surface area contributed by atoms with Gasteiger partial charge in [-0.25, -0.2) is 4.79 Å². The zero-order valence-electron chi connectivity index (χ0n) is 32.1. The van der Waals surface area contributed by atoms with Gasteiger partial charge in [-0.1, -0.05) is 109 Å². The summed E-state index contributed by atoms with van der Waals surface area (Å²) in [5.74, 6) is -1.46. The molecule has 1 spiro atoms. The number of hydrogen-bond acceptors (Lipinski definition) is 9. The van der Waals surface area contributed by atoms with E-state index in [1.807, 2.05) is 102 Å². The summed E-state index contributed by atoms with van der Waals surface area (Å²) in [7, 11) is 0. The SMILES string of the molecule is CCCC(NC(=O)[C@@H]1CC2(CN1C(=O)C(NC(=O)OCC(C)C)C(C)(C)C)SCCCS2)C(=O)C(=O)NCC(=O)NC(c1ccccc1)c1ccccc1. The van der Waals surface area contributed by atoms with Crippen molar-refractivity contribution in [1.29, 1.82) is 0 Å². The highest BCUT2D eigenvalue weighted by molar-refractivity contribution is 8.18. The van der Waals surface area contributed by atoms with Crippen molar-refractivity contribution < 1.29 is 33.5 Å². The molecule has 2 fully saturated rings. The summed E-state index contributed by atoms with van der Waals surface area (Å²) in [5.41, 5.74) is 0.990. The number of thioether (sulfide) groups is 2. The van der Waals surface area contributed by atoms with Crippen LogP contribution in [0.15, 0.2) is 60.7 Å². The first-order valence-corrected chi connectivity index (χ1v) is 20.6. The topological polar surface area (TPSA) is 163 Å². The minimum atomic E-state index is -1.17. The quantitative estimate of drug-likeness (QED) is 0.186. The normalized spacial score (nSPS) is 17.8. The fraction of sp³-hybridized carbons (Fsp3) is 0.550. The summed E-state index contributed by atoms with van der Waals surface area (Å²) in [6.45, 7) is 11.2. The zero-order valence-corrected chi connectivity index (χ0v) is 33.8. The molecule has 2 unspecified atom stereocenters. The molecule has 54 heavy (non-hydrogen) atoms. The number of alkyl carbamates (subject to hydrolysis) is 1. The van der Waals surface area contributed by atoms with Gasteiger partial charge in [0.25, 0.3) is 5.91 Å². The molecule has 2 aliphatic rings. The van der Waals surface area contributed by atoms with Crippen LogP contribution in [0.5, 0.6) is 0 Å². The van der Waals surface area contributed by atoms with Gasteiger partial charge >= 0.3 is 6.09 Å². The first-order chi connectivity index (χ1) is 25.6. The van der Waals surface area contributed by atoms with Crippen LogP contribution in [-0.4, -0.2) is 93.8 Å². The highest BCUT2D eigenvalue weighted by atomic mass is 32.2. The first kappa shape index (κ1) is 42.7. The standard InChI is InChI=1S/C40H55N5O7S2/c1-7-15-29(33(47)36(49)41-23-31(46)43-32(27-16-10-8-11-17-27)28-18-12-9-13-19-28)42-35(48)30-22-40(53-20-14-21-54-40)25-45(30)37(50)34(39(4,5)6)44-38(51)52-24-26(2)3/h8-13,16-19,26,29-30,32,34H,7,14-15,20-25H2,1-6H3,(H,41,49)(H,42,48)(H,43,46)(H,44,51)/t29?,30-,34?/m0/s1. The van der Waals surface area contributed by atoms with Crippen LogP contribution >= 0.6 is 23.5 Å². The Labute approximate surface area is 327 Å². The van der Waals surface area contributed by atoms with Crippen molar-refractivity contribution in [3.63, 3.8) is 0 Å². The summed E-state index contributed by atoms with van der Waals surface area (Å²) in [4.78, 5) is 82.6. The lowest BCUT2D eigenvalue weighted by molar-refractivity contribution is -0.144. The van der Waals surface area contributed by atoms with Crippen molar-refractivity contribution in [2.24, 2.45) is 11.3 Å². The average molecular weight is 782 g/mol. The second-order valence-corrected chi connectivity index (χ2v) is 18.5. The summed E-state index contributed by atoms with van der Waals surface area (Å²) >= 11 is 3.44. The fourth-order valence-electron chi connectivity index (χ4n) is 6.44. The number of hydrogen-bond donors (Lipinski definition) is 4. The molecule has 0 radical (unpaired) electrons. The van der Waals surface area contributed by atoms with E-state index in [2.05, 4.69) is 21.3 Å². The van der Waals surface area contributed by atoms with E-state index in [1.165, 1.54) is 4.90 Å². The molecular formula is C40H55N5O7S2. The average Bonchev–Trinajstić information content (AvgIpc) is 3.52. The molecule has 0 aromatic heterocycles. The molecule has 0 aliphatic carbocycles. The Morgan fingerprint density at radius 3 is 2.02 bits per heavy atom. The van der Waals surface area contributed by atoms with Gasteiger partial charge in [0.15, 0.2) is 0 Å². The lowest BCUT2D eigenvalue weighted by atomic mass is 9.85. The first-order valence-electron chi connectivity index (χ1n) is 18.7. The number of carbonyl (C=O) groups excluding carboxylic acids is 6. The number of ether oxygens (including phenoxy) is 1. The Balaban J connectivity index is 1.46. The van der Waals surface area contributed by atoms with Crippen LogP contribution in [0.3, 0.4) is 0 Å². The molecule has 294 valence electrons. The number of Topliss-reactive ketones (excluding diaryl/α,β-unsaturated/α-hetero) is 1. The smallest absolute Gasteiger partial charge is 0.407 e. The molecule has 3 atom stereocenters. The largest absolute Gasteiger partial charge is 0.449 e. The van der Waals surface area contributed by atoms with Crippen LogP contribution in [0.4, 0.5) is 4.79 Å². The maximum absolute atomic E-state index is 14.4. The molecule has 14 heteroatoms. The molecule has 4 rings (SSSR count). The minimum absolute atomic E-state index is 0.107. The third-order valence-electron chi connectivity index (χ3n) is 9.23. The van der Waals surface area contributed by atoms with Crippen LogP contribution in [0, 0.1) is 11.3 Å². The Morgan fingerprint density at radius 1 is 0.889 bits per heavy atom. The second-order valence-electron chi connectivity index (χ2n) is 15.3. The van der Waals surface area contributed by atoms with Gasteiger partial charge in [0.05, 0.1) is 29.3 Å². The van der Waals surface area contributed by atoms with Gasteiger partial charge in [0.1, 0.15) is 12.1 Å². The van der Waals surface area contributed by atoms with Crippen molar-refractivity contribution in [3.05, 3.63) is 71.8 Å². The monoisotopic (exact) mass is 781 g/mol. The van der Waals surface area contributed by atoms with Crippen molar-refractivity contribution in [2.75, 3.05) is 31.2 Å². The molecule has 5 amide bonds. The van der Waals surface area contributed by atoms with E-state index in [0.29, 0.717) is 12.8 Å². The van der Waals surface area contributed by atoms with Gasteiger partial charge in [-0.15, -0.1) is 23.5 Å². The van der Waals surface area contributed by atoms with Gasteiger partial charge in [0, 0.05) is 13.0 Å². The Hall–Kier alpha value is -4.04. The van der Waals surface area contributed by atoms with Gasteiger partial charge in [-0.3, -0.25) is 24.0 Å². The summed E-state index contributed by atoms with van der Waals surface area (Å²) < 4.78 is 4.91. The third-order valence-corrected chi connectivity index (χ3v) is 12.6. The maximum Gasteiger partial charge on any atom is 0.407 e. The van der Waals surface area contributed by atoms with Crippen LogP contribution in [-0.2, 0) is 28.7 Å². The van der Waals surface area contributed by atoms with Gasteiger partial charge in [-0.05, 0) is 46.8 Å². The molecule has 0 bridgehead atoms. The summed E-state index contributed by atoms with van der Waals surface area (Å²) in [6.07, 6.45) is 1.31. The Bertz CT molecular complexity index is 1570. The Morgan fingerprint density at radius 2 is 1.48 bits per heavy atom. The van der Waals surface area contributed by atoms with Crippen molar-refractivity contribution in [1.82, 2.24) is 26.2 Å². The number of nitrogens with zero attached hydrogens (tertiary/aromatic N) is 1. The van der Waals surface area contributed by atoms with Crippen LogP contribution < -0.4 is 21.3 Å². The van der Waals surface area contributed by atoms with E-state index >= 15 is 0 Å². The molecule has 12 nitrogen and oxygen atoms in total. The number of benzene rings is 2. The maximum atomic E-state index is 14.4. The number of carbonyl (C=O) groups is 6. The molecule has 0 saturated carbocycles. The fourth-order valence-corrected chi connectivity index (χ4v) is 9.79. The van der Waals surface area contributed by atoms with Gasteiger partial charge in [0.2, 0.25) is 23.5 Å². The number of likely N-dealkylation sites (tertiary alicyclic amines) is 1. The number of ketones is 1. The summed E-state index contributed by atoms with van der Waals surface area (Å²) in [6, 6.07) is 15.3. The number of rotatable bonds is 15. The van der Waals surface area contributed by atoms with E-state index in [-0.39, 0.29) is 25.5 Å². The second kappa shape index (κ2) is 19.5. The molecule has 2 aromatic rings. The molecule has 4 N–H and O–H groups in total. The van der Waals surface area contributed by atoms with E-state index in [0.717, 1.165) is 29.1 Å². The van der Waals surface area contributed by atoms with Crippen molar-refractivity contribution in [3.8, 4) is 0 Å². The Kier molecular flexibility index (Phi) is 15.4. The highest BCUT2D eigenvalue weighted by Gasteiger charge is 2.53. The number of amides is 5. The molecule has 2 aromatic carbocycles. The third kappa shape index (κ3) is 11.7. The number of nitrogens with one attached hydrogen (secondary N) is 4. The highest BCUT2D eigenvalue weighted by Crippen LogP contribution is 2.50. The van der Waals surface area contributed by atoms with Crippen LogP contribution in [0.1, 0.15) is 84.4 Å². The van der Waals surface area contributed by atoms with Gasteiger partial charge in [-0.2, -0.15) is 0 Å². The molecule has 2 heterocycles. The van der Waals surface area contributed by atoms with E-state index in [1.54, 1.807) is 23.5 Å². The molecular weight excluding hydrogens is 727 g/mol. The van der Waals surface area contributed by atoms with Crippen molar-refractivity contribution >= 4 is 59.0 Å². The van der Waals surface area contributed by atoms with Crippen LogP contribution in [0.2, 0.25) is 0 Å².